The number of rotatable bonds is 6. The van der Waals surface area contributed by atoms with Crippen LogP contribution in [0.2, 0.25) is 0 Å². The minimum Gasteiger partial charge on any atom is -0.322 e. The predicted molar refractivity (Wildman–Crippen MR) is 107 cm³/mol. The number of pyridine rings is 1. The fourth-order valence-electron chi connectivity index (χ4n) is 3.62. The Labute approximate surface area is 160 Å². The summed E-state index contributed by atoms with van der Waals surface area (Å²) in [5.41, 5.74) is 8.53. The van der Waals surface area contributed by atoms with Gasteiger partial charge in [-0.2, -0.15) is 0 Å². The predicted octanol–water partition coefficient (Wildman–Crippen LogP) is 5.17. The van der Waals surface area contributed by atoms with Gasteiger partial charge >= 0.3 is 0 Å². The minimum absolute atomic E-state index is 0. The highest BCUT2D eigenvalue weighted by Gasteiger charge is 2.26. The van der Waals surface area contributed by atoms with Crippen LogP contribution in [0.4, 0.5) is 4.39 Å². The Balaban J connectivity index is 0.00000196. The van der Waals surface area contributed by atoms with Crippen LogP contribution in [0.1, 0.15) is 36.1 Å². The Morgan fingerprint density at radius 2 is 1.92 bits per heavy atom. The normalized spacial score (nSPS) is 14.9. The van der Waals surface area contributed by atoms with Crippen molar-refractivity contribution in [1.29, 1.82) is 0 Å². The summed E-state index contributed by atoms with van der Waals surface area (Å²) in [5, 5.41) is 1.24. The molecular formula is C21H25ClFN3. The highest BCUT2D eigenvalue weighted by atomic mass is 35.5. The Morgan fingerprint density at radius 3 is 2.62 bits per heavy atom. The first kappa shape index (κ1) is 18.7. The van der Waals surface area contributed by atoms with Crippen LogP contribution in [-0.4, -0.2) is 15.7 Å². The van der Waals surface area contributed by atoms with E-state index in [9.17, 15) is 4.39 Å². The lowest BCUT2D eigenvalue weighted by molar-refractivity contribution is 0.551. The summed E-state index contributed by atoms with van der Waals surface area (Å²) in [6, 6.07) is 9.29. The molecule has 138 valence electrons. The molecule has 4 rings (SSSR count). The second-order valence-corrected chi connectivity index (χ2v) is 7.27. The maximum atomic E-state index is 13.2. The van der Waals surface area contributed by atoms with Crippen molar-refractivity contribution < 1.29 is 4.39 Å². The number of hydrogen-bond acceptors (Lipinski definition) is 2. The highest BCUT2D eigenvalue weighted by Crippen LogP contribution is 2.35. The van der Waals surface area contributed by atoms with E-state index in [0.717, 1.165) is 24.3 Å². The van der Waals surface area contributed by atoms with Crippen LogP contribution < -0.4 is 5.43 Å². The molecule has 0 amide bonds. The molecule has 1 fully saturated rings. The fourth-order valence-corrected chi connectivity index (χ4v) is 3.62. The molecule has 0 spiro atoms. The lowest BCUT2D eigenvalue weighted by atomic mass is 10.0. The van der Waals surface area contributed by atoms with Gasteiger partial charge in [-0.1, -0.05) is 25.0 Å². The smallest absolute Gasteiger partial charge is 0.123 e. The molecule has 1 N–H and O–H groups in total. The molecule has 1 aliphatic carbocycles. The number of aryl methyl sites for hydroxylation is 1. The standard InChI is InChI=1S/C21H24FN3.ClH/c1-14-15(2)25(21-13-23-10-9-20(14)21)24-19(11-16-3-4-16)12-17-5-7-18(22)8-6-17;/h5-10,13,16,19,24H,3-4,11-12H2,1-2H3;1H. The molecule has 1 aromatic carbocycles. The summed E-state index contributed by atoms with van der Waals surface area (Å²) < 4.78 is 15.4. The Bertz CT molecular complexity index is 884. The number of nitrogens with zero attached hydrogens (tertiary/aromatic N) is 2. The molecular weight excluding hydrogens is 349 g/mol. The van der Waals surface area contributed by atoms with Gasteiger partial charge in [0.25, 0.3) is 0 Å². The molecule has 1 atom stereocenters. The molecule has 1 unspecified atom stereocenters. The van der Waals surface area contributed by atoms with E-state index in [0.29, 0.717) is 6.04 Å². The molecule has 1 saturated carbocycles. The lowest BCUT2D eigenvalue weighted by Crippen LogP contribution is -2.31. The molecule has 0 radical (unpaired) electrons. The van der Waals surface area contributed by atoms with E-state index < -0.39 is 0 Å². The van der Waals surface area contributed by atoms with Gasteiger partial charge < -0.3 is 5.43 Å². The summed E-state index contributed by atoms with van der Waals surface area (Å²) in [6.45, 7) is 4.31. The van der Waals surface area contributed by atoms with Crippen molar-refractivity contribution in [3.05, 3.63) is 65.4 Å². The van der Waals surface area contributed by atoms with E-state index in [1.54, 1.807) is 12.1 Å². The number of aromatic nitrogens is 2. The number of fused-ring (bicyclic) bond motifs is 1. The second kappa shape index (κ2) is 7.67. The van der Waals surface area contributed by atoms with Crippen molar-refractivity contribution in [3.8, 4) is 0 Å². The van der Waals surface area contributed by atoms with Gasteiger partial charge in [0.2, 0.25) is 0 Å². The quantitative estimate of drug-likeness (QED) is 0.646. The first-order valence-electron chi connectivity index (χ1n) is 9.04. The Hall–Kier alpha value is -2.07. The summed E-state index contributed by atoms with van der Waals surface area (Å²) in [7, 11) is 0. The number of halogens is 2. The van der Waals surface area contributed by atoms with E-state index in [1.165, 1.54) is 35.0 Å². The molecule has 0 aliphatic heterocycles. The summed E-state index contributed by atoms with van der Waals surface area (Å²) in [4.78, 5) is 4.30. The zero-order chi connectivity index (χ0) is 17.4. The molecule has 2 aromatic heterocycles. The van der Waals surface area contributed by atoms with E-state index in [-0.39, 0.29) is 18.2 Å². The molecule has 0 saturated heterocycles. The zero-order valence-corrected chi connectivity index (χ0v) is 16.0. The Morgan fingerprint density at radius 1 is 1.19 bits per heavy atom. The van der Waals surface area contributed by atoms with Crippen molar-refractivity contribution in [3.63, 3.8) is 0 Å². The van der Waals surface area contributed by atoms with Gasteiger partial charge in [0.1, 0.15) is 5.82 Å². The van der Waals surface area contributed by atoms with Crippen LogP contribution in [0.5, 0.6) is 0 Å². The third-order valence-corrected chi connectivity index (χ3v) is 5.34. The van der Waals surface area contributed by atoms with Crippen LogP contribution in [-0.2, 0) is 6.42 Å². The topological polar surface area (TPSA) is 29.9 Å². The Kier molecular flexibility index (Phi) is 5.52. The van der Waals surface area contributed by atoms with Crippen molar-refractivity contribution in [1.82, 2.24) is 9.66 Å². The average molecular weight is 374 g/mol. The largest absolute Gasteiger partial charge is 0.322 e. The maximum absolute atomic E-state index is 13.2. The molecule has 3 nitrogen and oxygen atoms in total. The zero-order valence-electron chi connectivity index (χ0n) is 15.2. The van der Waals surface area contributed by atoms with Crippen molar-refractivity contribution in [2.75, 3.05) is 5.43 Å². The monoisotopic (exact) mass is 373 g/mol. The van der Waals surface area contributed by atoms with Gasteiger partial charge in [0.05, 0.1) is 11.7 Å². The summed E-state index contributed by atoms with van der Waals surface area (Å²) >= 11 is 0. The van der Waals surface area contributed by atoms with Crippen LogP contribution in [0.25, 0.3) is 10.9 Å². The number of hydrogen-bond donors (Lipinski definition) is 1. The van der Waals surface area contributed by atoms with E-state index in [4.69, 9.17) is 0 Å². The van der Waals surface area contributed by atoms with Gasteiger partial charge in [-0.05, 0) is 61.9 Å². The fraction of sp³-hybridized carbons (Fsp3) is 0.381. The first-order chi connectivity index (χ1) is 12.1. The van der Waals surface area contributed by atoms with E-state index in [1.807, 2.05) is 24.5 Å². The van der Waals surface area contributed by atoms with Gasteiger partial charge in [0, 0.05) is 23.3 Å². The molecule has 3 aromatic rings. The van der Waals surface area contributed by atoms with Gasteiger partial charge in [0.15, 0.2) is 0 Å². The van der Waals surface area contributed by atoms with Crippen molar-refractivity contribution in [2.24, 2.45) is 5.92 Å². The minimum atomic E-state index is -0.176. The summed E-state index contributed by atoms with van der Waals surface area (Å²) in [6.07, 6.45) is 8.47. The molecule has 2 heterocycles. The number of benzene rings is 1. The average Bonchev–Trinajstić information content (AvgIpc) is 3.40. The van der Waals surface area contributed by atoms with Crippen LogP contribution in [0.15, 0.2) is 42.7 Å². The third-order valence-electron chi connectivity index (χ3n) is 5.34. The number of nitrogens with one attached hydrogen (secondary N) is 1. The van der Waals surface area contributed by atoms with Crippen LogP contribution in [0, 0.1) is 25.6 Å². The lowest BCUT2D eigenvalue weighted by Gasteiger charge is -2.23. The van der Waals surface area contributed by atoms with E-state index in [2.05, 4.69) is 35.0 Å². The second-order valence-electron chi connectivity index (χ2n) is 7.27. The molecule has 1 aliphatic rings. The first-order valence-corrected chi connectivity index (χ1v) is 9.04. The molecule has 26 heavy (non-hydrogen) atoms. The maximum Gasteiger partial charge on any atom is 0.123 e. The van der Waals surface area contributed by atoms with Gasteiger partial charge in [-0.15, -0.1) is 12.4 Å². The SMILES string of the molecule is Cc1c(C)n(NC(Cc2ccc(F)cc2)CC2CC2)c2cnccc12.Cl. The van der Waals surface area contributed by atoms with Crippen molar-refractivity contribution in [2.45, 2.75) is 45.6 Å². The summed E-state index contributed by atoms with van der Waals surface area (Å²) in [5.74, 6) is 0.642. The van der Waals surface area contributed by atoms with Gasteiger partial charge in [-0.3, -0.25) is 9.66 Å². The van der Waals surface area contributed by atoms with Crippen molar-refractivity contribution >= 4 is 23.3 Å². The van der Waals surface area contributed by atoms with Crippen LogP contribution in [0.3, 0.4) is 0 Å². The molecule has 0 bridgehead atoms. The molecule has 5 heteroatoms. The third kappa shape index (κ3) is 3.85. The van der Waals surface area contributed by atoms with Gasteiger partial charge in [-0.25, -0.2) is 4.39 Å². The van der Waals surface area contributed by atoms with Crippen LogP contribution >= 0.6 is 12.4 Å². The highest BCUT2D eigenvalue weighted by molar-refractivity contribution is 5.85. The van der Waals surface area contributed by atoms with E-state index >= 15 is 0 Å².